The van der Waals surface area contributed by atoms with Gasteiger partial charge in [-0.1, -0.05) is 6.07 Å². The highest BCUT2D eigenvalue weighted by atomic mass is 16.5. The second-order valence-corrected chi connectivity index (χ2v) is 7.66. The first-order valence-corrected chi connectivity index (χ1v) is 10.7. The molecule has 2 heterocycles. The summed E-state index contributed by atoms with van der Waals surface area (Å²) in [6.07, 6.45) is 1.46. The molecule has 0 aliphatic carbocycles. The Bertz CT molecular complexity index is 1400. The molecule has 8 heteroatoms. The van der Waals surface area contributed by atoms with E-state index in [0.29, 0.717) is 28.0 Å². The van der Waals surface area contributed by atoms with Crippen LogP contribution in [-0.2, 0) is 9.53 Å². The minimum absolute atomic E-state index is 0.111. The van der Waals surface area contributed by atoms with Crippen molar-refractivity contribution in [2.75, 3.05) is 18.5 Å². The Kier molecular flexibility index (Phi) is 6.49. The van der Waals surface area contributed by atoms with E-state index in [2.05, 4.69) is 5.32 Å². The van der Waals surface area contributed by atoms with Gasteiger partial charge in [0.25, 0.3) is 5.91 Å². The number of furan rings is 1. The zero-order valence-electron chi connectivity index (χ0n) is 19.0. The minimum atomic E-state index is -0.491. The number of carbonyl (C=O) groups is 2. The molecule has 174 valence electrons. The summed E-state index contributed by atoms with van der Waals surface area (Å²) in [5.74, 6) is -0.623. The van der Waals surface area contributed by atoms with Gasteiger partial charge in [-0.25, -0.2) is 4.79 Å². The normalized spacial score (nSPS) is 10.8. The third-order valence-electron chi connectivity index (χ3n) is 5.05. The van der Waals surface area contributed by atoms with Gasteiger partial charge < -0.3 is 23.6 Å². The molecular formula is C26H23NO7. The molecule has 0 spiro atoms. The fourth-order valence-electron chi connectivity index (χ4n) is 3.57. The number of rotatable bonds is 7. The van der Waals surface area contributed by atoms with E-state index in [1.165, 1.54) is 6.26 Å². The van der Waals surface area contributed by atoms with E-state index in [1.807, 2.05) is 19.9 Å². The van der Waals surface area contributed by atoms with Gasteiger partial charge in [-0.05, 0) is 74.4 Å². The first kappa shape index (κ1) is 22.8. The Morgan fingerprint density at radius 3 is 2.50 bits per heavy atom. The highest BCUT2D eigenvalue weighted by Gasteiger charge is 2.21. The van der Waals surface area contributed by atoms with Gasteiger partial charge in [0.15, 0.2) is 12.4 Å². The maximum absolute atomic E-state index is 13.3. The molecular weight excluding hydrogens is 438 g/mol. The Labute approximate surface area is 195 Å². The molecule has 0 aliphatic rings. The number of ether oxygens (including phenoxy) is 2. The number of hydrogen-bond acceptors (Lipinski definition) is 7. The van der Waals surface area contributed by atoms with Crippen LogP contribution < -0.4 is 15.5 Å². The van der Waals surface area contributed by atoms with Crippen molar-refractivity contribution in [2.24, 2.45) is 0 Å². The van der Waals surface area contributed by atoms with E-state index in [-0.39, 0.29) is 18.1 Å². The highest BCUT2D eigenvalue weighted by Crippen LogP contribution is 2.32. The van der Waals surface area contributed by atoms with Gasteiger partial charge in [0.05, 0.1) is 23.8 Å². The van der Waals surface area contributed by atoms with Crippen LogP contribution in [0, 0.1) is 13.8 Å². The fourth-order valence-corrected chi connectivity index (χ4v) is 3.57. The Balaban J connectivity index is 1.57. The number of anilines is 1. The molecule has 0 saturated heterocycles. The van der Waals surface area contributed by atoms with E-state index in [9.17, 15) is 14.4 Å². The number of carbonyl (C=O) groups excluding carboxylic acids is 2. The standard InChI is InChI=1S/C26H23NO7/c1-4-31-26(30)17-7-9-18(10-8-17)27-21(28)14-33-25-22(29)19-13-15(2)12-16(3)23(19)34-24(25)20-6-5-11-32-20/h5-13H,4,14H2,1-3H3,(H,27,28). The molecule has 0 saturated carbocycles. The Hall–Kier alpha value is -4.33. The SMILES string of the molecule is CCOC(=O)c1ccc(NC(=O)COc2c(-c3ccco3)oc3c(C)cc(C)cc3c2=O)cc1. The van der Waals surface area contributed by atoms with Gasteiger partial charge in [-0.15, -0.1) is 0 Å². The van der Waals surface area contributed by atoms with Crippen molar-refractivity contribution in [3.63, 3.8) is 0 Å². The van der Waals surface area contributed by atoms with Crippen molar-refractivity contribution in [3.8, 4) is 17.3 Å². The van der Waals surface area contributed by atoms with Crippen molar-refractivity contribution in [2.45, 2.75) is 20.8 Å². The lowest BCUT2D eigenvalue weighted by Crippen LogP contribution is -2.22. The van der Waals surface area contributed by atoms with Crippen LogP contribution in [0.5, 0.6) is 5.75 Å². The lowest BCUT2D eigenvalue weighted by atomic mass is 10.1. The molecule has 8 nitrogen and oxygen atoms in total. The monoisotopic (exact) mass is 461 g/mol. The van der Waals surface area contributed by atoms with Gasteiger partial charge in [0.1, 0.15) is 5.58 Å². The van der Waals surface area contributed by atoms with Crippen LogP contribution in [0.25, 0.3) is 22.5 Å². The van der Waals surface area contributed by atoms with E-state index >= 15 is 0 Å². The quantitative estimate of drug-likeness (QED) is 0.391. The number of amides is 1. The van der Waals surface area contributed by atoms with Crippen LogP contribution in [0.4, 0.5) is 5.69 Å². The van der Waals surface area contributed by atoms with E-state index in [4.69, 9.17) is 18.3 Å². The van der Waals surface area contributed by atoms with Crippen molar-refractivity contribution in [1.29, 1.82) is 0 Å². The summed E-state index contributed by atoms with van der Waals surface area (Å²) in [5, 5.41) is 3.03. The van der Waals surface area contributed by atoms with Crippen molar-refractivity contribution >= 4 is 28.5 Å². The van der Waals surface area contributed by atoms with Crippen LogP contribution >= 0.6 is 0 Å². The molecule has 34 heavy (non-hydrogen) atoms. The summed E-state index contributed by atoms with van der Waals surface area (Å²) in [6, 6.07) is 13.2. The molecule has 4 aromatic rings. The van der Waals surface area contributed by atoms with E-state index in [1.54, 1.807) is 49.4 Å². The molecule has 1 N–H and O–H groups in total. The largest absolute Gasteiger partial charge is 0.476 e. The van der Waals surface area contributed by atoms with Crippen molar-refractivity contribution in [3.05, 3.63) is 81.7 Å². The van der Waals surface area contributed by atoms with Crippen LogP contribution in [0.15, 0.2) is 68.4 Å². The first-order valence-electron chi connectivity index (χ1n) is 10.7. The summed E-state index contributed by atoms with van der Waals surface area (Å²) in [5.41, 5.74) is 2.57. The third-order valence-corrected chi connectivity index (χ3v) is 5.05. The van der Waals surface area contributed by atoms with Crippen molar-refractivity contribution in [1.82, 2.24) is 0 Å². The summed E-state index contributed by atoms with van der Waals surface area (Å²) in [6.45, 7) is 5.30. The van der Waals surface area contributed by atoms with E-state index in [0.717, 1.165) is 11.1 Å². The average Bonchev–Trinajstić information content (AvgIpc) is 3.34. The molecule has 2 aromatic carbocycles. The Morgan fingerprint density at radius 1 is 1.06 bits per heavy atom. The van der Waals surface area contributed by atoms with Gasteiger partial charge in [0.2, 0.25) is 16.9 Å². The first-order chi connectivity index (χ1) is 16.4. The molecule has 0 atom stereocenters. The lowest BCUT2D eigenvalue weighted by Gasteiger charge is -2.12. The molecule has 0 fully saturated rings. The van der Waals surface area contributed by atoms with Gasteiger partial charge in [-0.2, -0.15) is 0 Å². The predicted octanol–water partition coefficient (Wildman–Crippen LogP) is 4.86. The second-order valence-electron chi connectivity index (χ2n) is 7.66. The predicted molar refractivity (Wildman–Crippen MR) is 126 cm³/mol. The van der Waals surface area contributed by atoms with Gasteiger partial charge in [-0.3, -0.25) is 9.59 Å². The summed E-state index contributed by atoms with van der Waals surface area (Å²) >= 11 is 0. The number of hydrogen-bond donors (Lipinski definition) is 1. The fraction of sp³-hybridized carbons (Fsp3) is 0.192. The lowest BCUT2D eigenvalue weighted by molar-refractivity contribution is -0.118. The summed E-state index contributed by atoms with van der Waals surface area (Å²) in [7, 11) is 0. The maximum Gasteiger partial charge on any atom is 0.338 e. The molecule has 2 aromatic heterocycles. The van der Waals surface area contributed by atoms with Crippen LogP contribution in [0.2, 0.25) is 0 Å². The van der Waals surface area contributed by atoms with Gasteiger partial charge in [0, 0.05) is 5.69 Å². The third kappa shape index (κ3) is 4.71. The van der Waals surface area contributed by atoms with Gasteiger partial charge >= 0.3 is 5.97 Å². The van der Waals surface area contributed by atoms with E-state index < -0.39 is 23.9 Å². The highest BCUT2D eigenvalue weighted by molar-refractivity contribution is 5.94. The zero-order valence-corrected chi connectivity index (χ0v) is 19.0. The number of aryl methyl sites for hydroxylation is 2. The molecule has 0 aliphatic heterocycles. The number of benzene rings is 2. The number of nitrogens with one attached hydrogen (secondary N) is 1. The molecule has 4 rings (SSSR count). The maximum atomic E-state index is 13.3. The molecule has 1 amide bonds. The summed E-state index contributed by atoms with van der Waals surface area (Å²) < 4.78 is 22.0. The molecule has 0 unspecified atom stereocenters. The van der Waals surface area contributed by atoms with Crippen molar-refractivity contribution < 1.29 is 27.9 Å². The van der Waals surface area contributed by atoms with Crippen LogP contribution in [0.1, 0.15) is 28.4 Å². The Morgan fingerprint density at radius 2 is 1.82 bits per heavy atom. The topological polar surface area (TPSA) is 108 Å². The van der Waals surface area contributed by atoms with Crippen LogP contribution in [0.3, 0.4) is 0 Å². The second kappa shape index (κ2) is 9.66. The average molecular weight is 461 g/mol. The number of fused-ring (bicyclic) bond motifs is 1. The zero-order chi connectivity index (χ0) is 24.2. The minimum Gasteiger partial charge on any atom is -0.476 e. The molecule has 0 bridgehead atoms. The smallest absolute Gasteiger partial charge is 0.338 e. The molecule has 0 radical (unpaired) electrons. The number of esters is 1. The summed E-state index contributed by atoms with van der Waals surface area (Å²) in [4.78, 5) is 37.5. The van der Waals surface area contributed by atoms with Crippen LogP contribution in [-0.4, -0.2) is 25.1 Å².